The lowest BCUT2D eigenvalue weighted by atomic mass is 10.1. The highest BCUT2D eigenvalue weighted by molar-refractivity contribution is 5.83. The van der Waals surface area contributed by atoms with E-state index in [1.807, 2.05) is 18.2 Å². The van der Waals surface area contributed by atoms with Gasteiger partial charge in [-0.25, -0.2) is 0 Å². The van der Waals surface area contributed by atoms with Crippen LogP contribution < -0.4 is 5.32 Å². The minimum atomic E-state index is 0.0813. The van der Waals surface area contributed by atoms with Crippen LogP contribution >= 0.6 is 0 Å². The third-order valence-electron chi connectivity index (χ3n) is 4.56. The maximum Gasteiger partial charge on any atom is 0.223 e. The topological polar surface area (TPSA) is 42.2 Å². The van der Waals surface area contributed by atoms with Gasteiger partial charge in [0.2, 0.25) is 5.91 Å². The first kappa shape index (κ1) is 14.1. The van der Waals surface area contributed by atoms with Crippen molar-refractivity contribution in [2.45, 2.75) is 18.8 Å². The van der Waals surface area contributed by atoms with E-state index >= 15 is 0 Å². The van der Waals surface area contributed by atoms with E-state index in [-0.39, 0.29) is 17.7 Å². The van der Waals surface area contributed by atoms with Gasteiger partial charge >= 0.3 is 0 Å². The molecule has 1 saturated carbocycles. The zero-order valence-corrected chi connectivity index (χ0v) is 12.9. The number of furan rings is 1. The van der Waals surface area contributed by atoms with Gasteiger partial charge in [-0.05, 0) is 41.3 Å². The first-order chi connectivity index (χ1) is 11.3. The van der Waals surface area contributed by atoms with Crippen LogP contribution in [0.15, 0.2) is 65.3 Å². The van der Waals surface area contributed by atoms with Crippen molar-refractivity contribution < 1.29 is 9.21 Å². The SMILES string of the molecule is O=C(NCCc1ccc2ccccc2c1)C1CC1c1ccco1. The van der Waals surface area contributed by atoms with Gasteiger partial charge in [0.25, 0.3) is 0 Å². The van der Waals surface area contributed by atoms with Gasteiger partial charge in [0, 0.05) is 18.4 Å². The monoisotopic (exact) mass is 305 g/mol. The number of amides is 1. The van der Waals surface area contributed by atoms with Gasteiger partial charge < -0.3 is 9.73 Å². The van der Waals surface area contributed by atoms with Crippen molar-refractivity contribution in [3.63, 3.8) is 0 Å². The van der Waals surface area contributed by atoms with E-state index in [4.69, 9.17) is 4.42 Å². The minimum absolute atomic E-state index is 0.0813. The predicted molar refractivity (Wildman–Crippen MR) is 90.2 cm³/mol. The van der Waals surface area contributed by atoms with Crippen LogP contribution in [0.5, 0.6) is 0 Å². The lowest BCUT2D eigenvalue weighted by Crippen LogP contribution is -2.27. The van der Waals surface area contributed by atoms with E-state index in [0.29, 0.717) is 6.54 Å². The smallest absolute Gasteiger partial charge is 0.223 e. The highest BCUT2D eigenvalue weighted by atomic mass is 16.3. The third kappa shape index (κ3) is 3.00. The second-order valence-corrected chi connectivity index (χ2v) is 6.19. The molecule has 23 heavy (non-hydrogen) atoms. The average molecular weight is 305 g/mol. The number of hydrogen-bond donors (Lipinski definition) is 1. The fourth-order valence-corrected chi connectivity index (χ4v) is 3.16. The van der Waals surface area contributed by atoms with E-state index in [1.54, 1.807) is 6.26 Å². The zero-order chi connectivity index (χ0) is 15.6. The lowest BCUT2D eigenvalue weighted by molar-refractivity contribution is -0.122. The molecule has 1 aliphatic carbocycles. The van der Waals surface area contributed by atoms with Crippen LogP contribution in [0.4, 0.5) is 0 Å². The largest absolute Gasteiger partial charge is 0.469 e. The summed E-state index contributed by atoms with van der Waals surface area (Å²) in [4.78, 5) is 12.2. The van der Waals surface area contributed by atoms with E-state index in [1.165, 1.54) is 16.3 Å². The highest BCUT2D eigenvalue weighted by Gasteiger charge is 2.45. The Kier molecular flexibility index (Phi) is 3.62. The summed E-state index contributed by atoms with van der Waals surface area (Å²) in [6.45, 7) is 0.679. The molecule has 1 amide bonds. The number of rotatable bonds is 5. The first-order valence-electron chi connectivity index (χ1n) is 8.10. The number of carbonyl (C=O) groups is 1. The molecule has 1 heterocycles. The standard InChI is InChI=1S/C20H19NO2/c22-20(18-13-17(18)19-6-3-11-23-19)21-10-9-14-7-8-15-4-1-2-5-16(15)12-14/h1-8,11-12,17-18H,9-10,13H2,(H,21,22). The summed E-state index contributed by atoms with van der Waals surface area (Å²) in [5.41, 5.74) is 1.25. The summed E-state index contributed by atoms with van der Waals surface area (Å²) >= 11 is 0. The first-order valence-corrected chi connectivity index (χ1v) is 8.10. The lowest BCUT2D eigenvalue weighted by Gasteiger charge is -2.06. The van der Waals surface area contributed by atoms with E-state index in [0.717, 1.165) is 18.6 Å². The second kappa shape index (κ2) is 5.92. The van der Waals surface area contributed by atoms with Gasteiger partial charge in [0.1, 0.15) is 5.76 Å². The number of carbonyl (C=O) groups excluding carboxylic acids is 1. The average Bonchev–Trinajstić information content (AvgIpc) is 3.20. The Balaban J connectivity index is 1.30. The van der Waals surface area contributed by atoms with Crippen molar-refractivity contribution in [3.8, 4) is 0 Å². The summed E-state index contributed by atoms with van der Waals surface area (Å²) in [7, 11) is 0. The van der Waals surface area contributed by atoms with Crippen molar-refractivity contribution in [2.24, 2.45) is 5.92 Å². The van der Waals surface area contributed by atoms with Crippen LogP contribution in [0.25, 0.3) is 10.8 Å². The molecular weight excluding hydrogens is 286 g/mol. The van der Waals surface area contributed by atoms with Crippen molar-refractivity contribution in [2.75, 3.05) is 6.54 Å². The fraction of sp³-hybridized carbons (Fsp3) is 0.250. The molecule has 1 fully saturated rings. The maximum atomic E-state index is 12.2. The minimum Gasteiger partial charge on any atom is -0.469 e. The summed E-state index contributed by atoms with van der Waals surface area (Å²) in [6, 6.07) is 18.6. The molecular formula is C20H19NO2. The Morgan fingerprint density at radius 1 is 1.09 bits per heavy atom. The Hall–Kier alpha value is -2.55. The summed E-state index contributed by atoms with van der Waals surface area (Å²) in [5, 5.41) is 5.55. The van der Waals surface area contributed by atoms with Gasteiger partial charge in [-0.15, -0.1) is 0 Å². The Morgan fingerprint density at radius 3 is 2.78 bits per heavy atom. The molecule has 0 aliphatic heterocycles. The van der Waals surface area contributed by atoms with Crippen molar-refractivity contribution >= 4 is 16.7 Å². The van der Waals surface area contributed by atoms with E-state index < -0.39 is 0 Å². The molecule has 0 bridgehead atoms. The maximum absolute atomic E-state index is 12.2. The number of fused-ring (bicyclic) bond motifs is 1. The molecule has 0 saturated heterocycles. The molecule has 1 aromatic heterocycles. The van der Waals surface area contributed by atoms with Crippen LogP contribution in [0.1, 0.15) is 23.7 Å². The zero-order valence-electron chi connectivity index (χ0n) is 12.9. The molecule has 3 nitrogen and oxygen atoms in total. The summed E-state index contributed by atoms with van der Waals surface area (Å²) in [5.74, 6) is 1.43. The third-order valence-corrected chi connectivity index (χ3v) is 4.56. The summed E-state index contributed by atoms with van der Waals surface area (Å²) in [6.07, 6.45) is 3.42. The molecule has 1 N–H and O–H groups in total. The van der Waals surface area contributed by atoms with Crippen LogP contribution in [0.3, 0.4) is 0 Å². The quantitative estimate of drug-likeness (QED) is 0.777. The molecule has 1 aliphatic rings. The number of benzene rings is 2. The Morgan fingerprint density at radius 2 is 1.96 bits per heavy atom. The Bertz CT molecular complexity index is 823. The van der Waals surface area contributed by atoms with Crippen molar-refractivity contribution in [1.29, 1.82) is 0 Å². The molecule has 2 unspecified atom stereocenters. The number of nitrogens with one attached hydrogen (secondary N) is 1. The number of hydrogen-bond acceptors (Lipinski definition) is 2. The van der Waals surface area contributed by atoms with Crippen LogP contribution in [0, 0.1) is 5.92 Å². The van der Waals surface area contributed by atoms with E-state index in [9.17, 15) is 4.79 Å². The van der Waals surface area contributed by atoms with Gasteiger partial charge in [-0.2, -0.15) is 0 Å². The molecule has 0 spiro atoms. The molecule has 0 radical (unpaired) electrons. The van der Waals surface area contributed by atoms with Gasteiger partial charge in [-0.3, -0.25) is 4.79 Å². The van der Waals surface area contributed by atoms with Crippen LogP contribution in [0.2, 0.25) is 0 Å². The molecule has 2 atom stereocenters. The molecule has 116 valence electrons. The second-order valence-electron chi connectivity index (χ2n) is 6.19. The molecule has 3 heteroatoms. The van der Waals surface area contributed by atoms with E-state index in [2.05, 4.69) is 41.7 Å². The fourth-order valence-electron chi connectivity index (χ4n) is 3.16. The van der Waals surface area contributed by atoms with Gasteiger partial charge in [0.15, 0.2) is 0 Å². The molecule has 3 aromatic rings. The van der Waals surface area contributed by atoms with Crippen LogP contribution in [-0.2, 0) is 11.2 Å². The normalized spacial score (nSPS) is 19.7. The highest BCUT2D eigenvalue weighted by Crippen LogP contribution is 2.47. The predicted octanol–water partition coefficient (Wildman–Crippen LogP) is 3.90. The molecule has 2 aromatic carbocycles. The van der Waals surface area contributed by atoms with Crippen molar-refractivity contribution in [3.05, 3.63) is 72.2 Å². The van der Waals surface area contributed by atoms with Crippen molar-refractivity contribution in [1.82, 2.24) is 5.32 Å². The van der Waals surface area contributed by atoms with Crippen LogP contribution in [-0.4, -0.2) is 12.5 Å². The van der Waals surface area contributed by atoms with Gasteiger partial charge in [0.05, 0.1) is 6.26 Å². The van der Waals surface area contributed by atoms with Gasteiger partial charge in [-0.1, -0.05) is 42.5 Å². The molecule has 4 rings (SSSR count). The Labute approximate surface area is 135 Å². The summed E-state index contributed by atoms with van der Waals surface area (Å²) < 4.78 is 5.37.